The Morgan fingerprint density at radius 2 is 1.04 bits per heavy atom. The third-order valence-corrected chi connectivity index (χ3v) is 9.80. The third kappa shape index (κ3) is 41.2. The molecule has 2 atom stereocenters. The van der Waals surface area contributed by atoms with Crippen molar-refractivity contribution in [3.8, 4) is 0 Å². The summed E-state index contributed by atoms with van der Waals surface area (Å²) < 4.78 is 34.2. The van der Waals surface area contributed by atoms with Crippen molar-refractivity contribution in [2.24, 2.45) is 0 Å². The summed E-state index contributed by atoms with van der Waals surface area (Å²) in [5, 5.41) is 0. The molecule has 0 rings (SSSR count). The number of ether oxygens (including phenoxy) is 2. The molecule has 10 heteroatoms. The fourth-order valence-electron chi connectivity index (χ4n) is 5.45. The molecule has 1 N–H and O–H groups in total. The number of phosphoric ester groups is 1. The van der Waals surface area contributed by atoms with Gasteiger partial charge in [0.25, 0.3) is 0 Å². The van der Waals surface area contributed by atoms with Crippen LogP contribution >= 0.6 is 7.82 Å². The van der Waals surface area contributed by atoms with Crippen LogP contribution in [0.3, 0.4) is 0 Å². The second kappa shape index (κ2) is 37.3. The highest BCUT2D eigenvalue weighted by atomic mass is 31.2. The molecule has 0 saturated carbocycles. The average Bonchev–Trinajstić information content (AvgIpc) is 3.13. The molecule has 0 aromatic heterocycles. The van der Waals surface area contributed by atoms with E-state index in [2.05, 4.69) is 74.6 Å². The van der Waals surface area contributed by atoms with E-state index < -0.39 is 32.5 Å². The summed E-state index contributed by atoms with van der Waals surface area (Å²) >= 11 is 0. The lowest BCUT2D eigenvalue weighted by molar-refractivity contribution is -0.870. The van der Waals surface area contributed by atoms with E-state index >= 15 is 0 Å². The maximum atomic E-state index is 12.6. The van der Waals surface area contributed by atoms with Crippen molar-refractivity contribution in [2.45, 2.75) is 168 Å². The van der Waals surface area contributed by atoms with Gasteiger partial charge in [0.05, 0.1) is 27.7 Å². The smallest absolute Gasteiger partial charge is 0.462 e. The van der Waals surface area contributed by atoms with Gasteiger partial charge in [-0.15, -0.1) is 0 Å². The van der Waals surface area contributed by atoms with Gasteiger partial charge in [-0.25, -0.2) is 4.57 Å². The van der Waals surface area contributed by atoms with Crippen LogP contribution in [0.1, 0.15) is 162 Å². The highest BCUT2D eigenvalue weighted by Gasteiger charge is 2.27. The minimum absolute atomic E-state index is 0.0246. The molecular weight excluding hydrogens is 713 g/mol. The molecule has 0 fully saturated rings. The topological polar surface area (TPSA) is 108 Å². The Morgan fingerprint density at radius 3 is 1.55 bits per heavy atom. The second-order valence-corrected chi connectivity index (χ2v) is 16.8. The maximum absolute atomic E-state index is 12.6. The van der Waals surface area contributed by atoms with Crippen LogP contribution in [0.5, 0.6) is 0 Å². The molecule has 0 saturated heterocycles. The molecule has 0 aliphatic rings. The number of nitrogens with zero attached hydrogens (tertiary/aromatic N) is 1. The molecule has 55 heavy (non-hydrogen) atoms. The van der Waals surface area contributed by atoms with Crippen molar-refractivity contribution in [1.82, 2.24) is 0 Å². The first-order valence-corrected chi connectivity index (χ1v) is 23.0. The molecule has 0 aliphatic heterocycles. The summed E-state index contributed by atoms with van der Waals surface area (Å²) in [6.07, 6.45) is 44.1. The summed E-state index contributed by atoms with van der Waals surface area (Å²) in [4.78, 5) is 35.3. The minimum atomic E-state index is -4.38. The van der Waals surface area contributed by atoms with Crippen molar-refractivity contribution in [3.63, 3.8) is 0 Å². The SMILES string of the molecule is CC/C=C/C/C=C/C/C=C/C/C=C/C/C=C/CCCCCC(=O)OC[C@@H](COP(=O)(O)OCC[N+](C)(C)C)OC(=O)CCCCCCCCCCCCCC. The summed E-state index contributed by atoms with van der Waals surface area (Å²) in [6, 6.07) is 0. The number of allylic oxidation sites excluding steroid dienone is 10. The fourth-order valence-corrected chi connectivity index (χ4v) is 6.19. The number of carbonyl (C=O) groups excluding carboxylic acids is 2. The summed E-state index contributed by atoms with van der Waals surface area (Å²) in [5.74, 6) is -0.839. The quantitative estimate of drug-likeness (QED) is 0.0216. The molecule has 0 spiro atoms. The first-order valence-electron chi connectivity index (χ1n) is 21.5. The van der Waals surface area contributed by atoms with Crippen LogP contribution in [0.2, 0.25) is 0 Å². The zero-order chi connectivity index (χ0) is 40.7. The van der Waals surface area contributed by atoms with Crippen molar-refractivity contribution < 1.29 is 42.1 Å². The van der Waals surface area contributed by atoms with E-state index in [1.54, 1.807) is 0 Å². The monoisotopic (exact) mass is 795 g/mol. The van der Waals surface area contributed by atoms with Crippen LogP contribution in [0.15, 0.2) is 60.8 Å². The van der Waals surface area contributed by atoms with Crippen LogP contribution in [-0.2, 0) is 32.7 Å². The van der Waals surface area contributed by atoms with E-state index in [4.69, 9.17) is 18.5 Å². The van der Waals surface area contributed by atoms with Gasteiger partial charge in [-0.05, 0) is 57.8 Å². The Bertz CT molecular complexity index is 1120. The van der Waals surface area contributed by atoms with Gasteiger partial charge in [0.2, 0.25) is 0 Å². The van der Waals surface area contributed by atoms with E-state index in [9.17, 15) is 19.0 Å². The lowest BCUT2D eigenvalue weighted by atomic mass is 10.0. The summed E-state index contributed by atoms with van der Waals surface area (Å²) in [7, 11) is 1.45. The Labute approximate surface area is 336 Å². The lowest BCUT2D eigenvalue weighted by Gasteiger charge is -2.24. The lowest BCUT2D eigenvalue weighted by Crippen LogP contribution is -2.37. The molecule has 0 aromatic rings. The summed E-state index contributed by atoms with van der Waals surface area (Å²) in [6.45, 7) is 4.25. The molecule has 0 radical (unpaired) electrons. The number of hydrogen-bond acceptors (Lipinski definition) is 7. The van der Waals surface area contributed by atoms with Gasteiger partial charge in [-0.3, -0.25) is 18.6 Å². The number of quaternary nitrogens is 1. The normalized spacial score (nSPS) is 14.2. The van der Waals surface area contributed by atoms with Crippen molar-refractivity contribution in [2.75, 3.05) is 47.5 Å². The average molecular weight is 795 g/mol. The third-order valence-electron chi connectivity index (χ3n) is 8.81. The van der Waals surface area contributed by atoms with Gasteiger partial charge in [-0.1, -0.05) is 152 Å². The van der Waals surface area contributed by atoms with Crippen LogP contribution in [0.4, 0.5) is 0 Å². The van der Waals surface area contributed by atoms with Crippen molar-refractivity contribution in [1.29, 1.82) is 0 Å². The number of rotatable bonds is 38. The van der Waals surface area contributed by atoms with Crippen LogP contribution in [0.25, 0.3) is 0 Å². The number of unbranched alkanes of at least 4 members (excludes halogenated alkanes) is 14. The largest absolute Gasteiger partial charge is 0.472 e. The first kappa shape index (κ1) is 52.7. The molecule has 0 heterocycles. The number of carbonyl (C=O) groups is 2. The molecule has 0 bridgehead atoms. The Hall–Kier alpha value is -2.29. The number of hydrogen-bond donors (Lipinski definition) is 1. The molecule has 318 valence electrons. The predicted octanol–water partition coefficient (Wildman–Crippen LogP) is 12.1. The fraction of sp³-hybridized carbons (Fsp3) is 0.733. The van der Waals surface area contributed by atoms with Crippen LogP contribution in [-0.4, -0.2) is 74.9 Å². The summed E-state index contributed by atoms with van der Waals surface area (Å²) in [5.41, 5.74) is 0. The van der Waals surface area contributed by atoms with Gasteiger partial charge in [-0.2, -0.15) is 0 Å². The first-order chi connectivity index (χ1) is 26.5. The van der Waals surface area contributed by atoms with Gasteiger partial charge in [0.15, 0.2) is 6.10 Å². The standard InChI is InChI=1S/C45H80NO8P/c1-6-8-10-12-14-16-18-20-21-22-23-24-25-26-28-29-31-33-35-37-44(47)51-41-43(42-53-55(49,50)52-40-39-46(3,4)5)54-45(48)38-36-34-32-30-27-19-17-15-13-11-9-7-2/h8,10,14,16,20-21,23-24,26,28,43H,6-7,9,11-13,15,17-19,22,25,27,29-42H2,1-5H3/p+1/b10-8+,16-14+,21-20+,24-23+,28-26+/t43-/m0/s1. The molecule has 0 aromatic carbocycles. The Morgan fingerprint density at radius 1 is 0.582 bits per heavy atom. The van der Waals surface area contributed by atoms with Gasteiger partial charge in [0, 0.05) is 12.8 Å². The molecule has 1 unspecified atom stereocenters. The van der Waals surface area contributed by atoms with E-state index in [1.165, 1.54) is 57.8 Å². The number of likely N-dealkylation sites (N-methyl/N-ethyl adjacent to an activating group) is 1. The van der Waals surface area contributed by atoms with Gasteiger partial charge in [0.1, 0.15) is 19.8 Å². The molecule has 9 nitrogen and oxygen atoms in total. The van der Waals surface area contributed by atoms with E-state index in [1.807, 2.05) is 21.1 Å². The van der Waals surface area contributed by atoms with Crippen LogP contribution < -0.4 is 0 Å². The van der Waals surface area contributed by atoms with Crippen molar-refractivity contribution >= 4 is 19.8 Å². The van der Waals surface area contributed by atoms with Gasteiger partial charge < -0.3 is 18.9 Å². The maximum Gasteiger partial charge on any atom is 0.472 e. The molecule has 0 amide bonds. The van der Waals surface area contributed by atoms with E-state index in [0.717, 1.165) is 64.2 Å². The van der Waals surface area contributed by atoms with Crippen LogP contribution in [0, 0.1) is 0 Å². The van der Waals surface area contributed by atoms with E-state index in [-0.39, 0.29) is 26.1 Å². The molecule has 0 aliphatic carbocycles. The van der Waals surface area contributed by atoms with E-state index in [0.29, 0.717) is 23.9 Å². The molecular formula is C45H81NO8P+. The van der Waals surface area contributed by atoms with Crippen molar-refractivity contribution in [3.05, 3.63) is 60.8 Å². The Kier molecular flexibility index (Phi) is 35.7. The number of esters is 2. The second-order valence-electron chi connectivity index (χ2n) is 15.4. The zero-order valence-corrected chi connectivity index (χ0v) is 36.5. The number of phosphoric acid groups is 1. The van der Waals surface area contributed by atoms with Gasteiger partial charge >= 0.3 is 19.8 Å². The highest BCUT2D eigenvalue weighted by Crippen LogP contribution is 2.43. The highest BCUT2D eigenvalue weighted by molar-refractivity contribution is 7.47. The Balaban J connectivity index is 4.42. The predicted molar refractivity (Wildman–Crippen MR) is 229 cm³/mol. The zero-order valence-electron chi connectivity index (χ0n) is 35.6. The minimum Gasteiger partial charge on any atom is -0.462 e.